The van der Waals surface area contributed by atoms with Crippen LogP contribution in [-0.2, 0) is 6.54 Å². The Labute approximate surface area is 168 Å². The average Bonchev–Trinajstić information content (AvgIpc) is 3.20. The van der Waals surface area contributed by atoms with Gasteiger partial charge in [-0.05, 0) is 55.5 Å². The van der Waals surface area contributed by atoms with Crippen molar-refractivity contribution in [2.75, 3.05) is 12.4 Å². The number of halogens is 2. The smallest absolute Gasteiger partial charge is 0.387 e. The lowest BCUT2D eigenvalue weighted by molar-refractivity contribution is -0.0498. The number of benzene rings is 2. The summed E-state index contributed by atoms with van der Waals surface area (Å²) in [5.41, 5.74) is 1.33. The van der Waals surface area contributed by atoms with Crippen LogP contribution in [0.15, 0.2) is 42.5 Å². The van der Waals surface area contributed by atoms with Crippen LogP contribution in [-0.4, -0.2) is 25.9 Å². The summed E-state index contributed by atoms with van der Waals surface area (Å²) in [7, 11) is 1.58. The molecule has 6 nitrogen and oxygen atoms in total. The molecular formula is C21H24F2N2O4. The first kappa shape index (κ1) is 20.7. The van der Waals surface area contributed by atoms with Crippen LogP contribution in [0.5, 0.6) is 17.2 Å². The molecule has 8 heteroatoms. The molecule has 1 fully saturated rings. The first-order valence-corrected chi connectivity index (χ1v) is 9.47. The van der Waals surface area contributed by atoms with Gasteiger partial charge in [0.15, 0.2) is 11.5 Å². The third-order valence-corrected chi connectivity index (χ3v) is 4.62. The van der Waals surface area contributed by atoms with Gasteiger partial charge in [-0.2, -0.15) is 8.78 Å². The van der Waals surface area contributed by atoms with Crippen LogP contribution in [0.25, 0.3) is 0 Å². The van der Waals surface area contributed by atoms with Crippen molar-refractivity contribution < 1.29 is 27.8 Å². The Kier molecular flexibility index (Phi) is 7.10. The lowest BCUT2D eigenvalue weighted by Crippen LogP contribution is -2.28. The maximum absolute atomic E-state index is 12.2. The van der Waals surface area contributed by atoms with Crippen LogP contribution in [0, 0.1) is 0 Å². The standard InChI is InChI=1S/C21H24F2N2O4/c1-27-18-11-8-15(12-19(18)28-16-4-2-3-5-16)25-21(26)24-13-14-6-9-17(10-7-14)29-20(22)23/h6-12,16,20H,2-5,13H2,1H3,(H2,24,25,26). The van der Waals surface area contributed by atoms with E-state index in [9.17, 15) is 13.6 Å². The van der Waals surface area contributed by atoms with Crippen LogP contribution in [0.3, 0.4) is 0 Å². The fourth-order valence-corrected chi connectivity index (χ4v) is 3.18. The molecule has 2 amide bonds. The monoisotopic (exact) mass is 406 g/mol. The van der Waals surface area contributed by atoms with Gasteiger partial charge in [0.1, 0.15) is 5.75 Å². The molecule has 2 aromatic carbocycles. The maximum atomic E-state index is 12.2. The van der Waals surface area contributed by atoms with Gasteiger partial charge in [-0.25, -0.2) is 4.79 Å². The average molecular weight is 406 g/mol. The third-order valence-electron chi connectivity index (χ3n) is 4.62. The molecule has 0 spiro atoms. The van der Waals surface area contributed by atoms with E-state index in [4.69, 9.17) is 9.47 Å². The van der Waals surface area contributed by atoms with Crippen molar-refractivity contribution >= 4 is 11.7 Å². The minimum Gasteiger partial charge on any atom is -0.493 e. The number of anilines is 1. The highest BCUT2D eigenvalue weighted by Gasteiger charge is 2.19. The minimum atomic E-state index is -2.86. The summed E-state index contributed by atoms with van der Waals surface area (Å²) in [6.07, 6.45) is 4.51. The molecule has 29 heavy (non-hydrogen) atoms. The van der Waals surface area contributed by atoms with E-state index in [-0.39, 0.29) is 18.4 Å². The van der Waals surface area contributed by atoms with Crippen LogP contribution >= 0.6 is 0 Å². The molecular weight excluding hydrogens is 382 g/mol. The zero-order valence-corrected chi connectivity index (χ0v) is 16.1. The second kappa shape index (κ2) is 9.95. The van der Waals surface area contributed by atoms with Crippen LogP contribution in [0.4, 0.5) is 19.3 Å². The molecule has 0 atom stereocenters. The van der Waals surface area contributed by atoms with Gasteiger partial charge in [0.05, 0.1) is 13.2 Å². The Morgan fingerprint density at radius 3 is 2.48 bits per heavy atom. The predicted molar refractivity (Wildman–Crippen MR) is 105 cm³/mol. The van der Waals surface area contributed by atoms with Gasteiger partial charge in [0, 0.05) is 18.3 Å². The van der Waals surface area contributed by atoms with Crippen molar-refractivity contribution in [3.05, 3.63) is 48.0 Å². The van der Waals surface area contributed by atoms with E-state index < -0.39 is 12.6 Å². The molecule has 1 aliphatic carbocycles. The van der Waals surface area contributed by atoms with Crippen molar-refractivity contribution in [2.45, 2.75) is 44.9 Å². The predicted octanol–water partition coefficient (Wildman–Crippen LogP) is 4.94. The SMILES string of the molecule is COc1ccc(NC(=O)NCc2ccc(OC(F)F)cc2)cc1OC1CCCC1. The normalized spacial score (nSPS) is 13.9. The van der Waals surface area contributed by atoms with E-state index >= 15 is 0 Å². The highest BCUT2D eigenvalue weighted by molar-refractivity contribution is 5.89. The van der Waals surface area contributed by atoms with Gasteiger partial charge in [-0.1, -0.05) is 12.1 Å². The highest BCUT2D eigenvalue weighted by Crippen LogP contribution is 2.33. The number of alkyl halides is 2. The second-order valence-electron chi connectivity index (χ2n) is 6.72. The lowest BCUT2D eigenvalue weighted by atomic mass is 10.2. The number of carbonyl (C=O) groups is 1. The maximum Gasteiger partial charge on any atom is 0.387 e. The van der Waals surface area contributed by atoms with Crippen molar-refractivity contribution in [1.29, 1.82) is 0 Å². The first-order chi connectivity index (χ1) is 14.0. The van der Waals surface area contributed by atoms with Crippen molar-refractivity contribution in [2.24, 2.45) is 0 Å². The van der Waals surface area contributed by atoms with E-state index in [1.54, 1.807) is 37.4 Å². The Bertz CT molecular complexity index is 809. The van der Waals surface area contributed by atoms with E-state index in [0.717, 1.165) is 31.2 Å². The van der Waals surface area contributed by atoms with Crippen LogP contribution in [0.1, 0.15) is 31.2 Å². The molecule has 2 N–H and O–H groups in total. The fourth-order valence-electron chi connectivity index (χ4n) is 3.18. The number of urea groups is 1. The van der Waals surface area contributed by atoms with Gasteiger partial charge < -0.3 is 24.8 Å². The number of nitrogens with one attached hydrogen (secondary N) is 2. The number of hydrogen-bond acceptors (Lipinski definition) is 4. The van der Waals surface area contributed by atoms with E-state index in [2.05, 4.69) is 15.4 Å². The Morgan fingerprint density at radius 2 is 1.83 bits per heavy atom. The minimum absolute atomic E-state index is 0.0706. The fraction of sp³-hybridized carbons (Fsp3) is 0.381. The van der Waals surface area contributed by atoms with Gasteiger partial charge in [0.2, 0.25) is 0 Å². The zero-order chi connectivity index (χ0) is 20.6. The van der Waals surface area contributed by atoms with E-state index in [1.807, 2.05) is 0 Å². The molecule has 0 heterocycles. The topological polar surface area (TPSA) is 68.8 Å². The van der Waals surface area contributed by atoms with Gasteiger partial charge in [0.25, 0.3) is 0 Å². The highest BCUT2D eigenvalue weighted by atomic mass is 19.3. The number of hydrogen-bond donors (Lipinski definition) is 2. The largest absolute Gasteiger partial charge is 0.493 e. The number of carbonyl (C=O) groups excluding carboxylic acids is 1. The molecule has 0 aromatic heterocycles. The summed E-state index contributed by atoms with van der Waals surface area (Å²) in [6, 6.07) is 10.9. The van der Waals surface area contributed by atoms with Crippen LogP contribution < -0.4 is 24.8 Å². The Morgan fingerprint density at radius 1 is 1.10 bits per heavy atom. The second-order valence-corrected chi connectivity index (χ2v) is 6.72. The summed E-state index contributed by atoms with van der Waals surface area (Å²) >= 11 is 0. The molecule has 2 aromatic rings. The van der Waals surface area contributed by atoms with Gasteiger partial charge >= 0.3 is 12.6 Å². The lowest BCUT2D eigenvalue weighted by Gasteiger charge is -2.17. The summed E-state index contributed by atoms with van der Waals surface area (Å²) in [6.45, 7) is -2.63. The molecule has 1 aliphatic rings. The van der Waals surface area contributed by atoms with E-state index in [1.165, 1.54) is 12.1 Å². The molecule has 0 saturated heterocycles. The summed E-state index contributed by atoms with van der Waals surface area (Å²) in [4.78, 5) is 12.2. The third kappa shape index (κ3) is 6.23. The van der Waals surface area contributed by atoms with Gasteiger partial charge in [-0.15, -0.1) is 0 Å². The Balaban J connectivity index is 1.54. The molecule has 0 radical (unpaired) electrons. The molecule has 156 valence electrons. The van der Waals surface area contributed by atoms with Crippen molar-refractivity contribution in [3.63, 3.8) is 0 Å². The molecule has 3 rings (SSSR count). The molecule has 1 saturated carbocycles. The summed E-state index contributed by atoms with van der Waals surface area (Å²) in [5, 5.41) is 5.47. The number of rotatable bonds is 8. The molecule has 0 aliphatic heterocycles. The quantitative estimate of drug-likeness (QED) is 0.652. The summed E-state index contributed by atoms with van der Waals surface area (Å²) < 4.78 is 40.0. The Hall–Kier alpha value is -3.03. The summed E-state index contributed by atoms with van der Waals surface area (Å²) in [5.74, 6) is 1.29. The van der Waals surface area contributed by atoms with Gasteiger partial charge in [-0.3, -0.25) is 0 Å². The van der Waals surface area contributed by atoms with Crippen molar-refractivity contribution in [1.82, 2.24) is 5.32 Å². The number of ether oxygens (including phenoxy) is 3. The van der Waals surface area contributed by atoms with E-state index in [0.29, 0.717) is 17.2 Å². The first-order valence-electron chi connectivity index (χ1n) is 9.47. The zero-order valence-electron chi connectivity index (χ0n) is 16.1. The number of amides is 2. The number of methoxy groups -OCH3 is 1. The van der Waals surface area contributed by atoms with Crippen LogP contribution in [0.2, 0.25) is 0 Å². The molecule has 0 unspecified atom stereocenters. The van der Waals surface area contributed by atoms with Crippen molar-refractivity contribution in [3.8, 4) is 17.2 Å². The molecule has 0 bridgehead atoms.